The van der Waals surface area contributed by atoms with Crippen molar-refractivity contribution in [1.29, 1.82) is 0 Å². The summed E-state index contributed by atoms with van der Waals surface area (Å²) in [5, 5.41) is 7.08. The van der Waals surface area contributed by atoms with Gasteiger partial charge < -0.3 is 11.1 Å². The summed E-state index contributed by atoms with van der Waals surface area (Å²) in [6.45, 7) is 2.93. The fraction of sp³-hybridized carbons (Fsp3) is 0.235. The van der Waals surface area contributed by atoms with Crippen LogP contribution >= 0.6 is 11.3 Å². The molecule has 0 atom stereocenters. The first-order chi connectivity index (χ1) is 10.2. The van der Waals surface area contributed by atoms with E-state index >= 15 is 0 Å². The van der Waals surface area contributed by atoms with E-state index in [1.807, 2.05) is 24.4 Å². The third kappa shape index (κ3) is 4.45. The number of carbonyl (C=O) groups excluding carboxylic acids is 1. The Morgan fingerprint density at radius 2 is 2.24 bits per heavy atom. The number of benzene rings is 1. The number of nitrogens with one attached hydrogen (secondary N) is 1. The molecule has 0 saturated heterocycles. The molecule has 3 N–H and O–H groups in total. The third-order valence-electron chi connectivity index (χ3n) is 3.09. The Morgan fingerprint density at radius 3 is 2.90 bits per heavy atom. The minimum absolute atomic E-state index is 0.0494. The van der Waals surface area contributed by atoms with E-state index in [2.05, 4.69) is 28.6 Å². The van der Waals surface area contributed by atoms with Crippen molar-refractivity contribution in [2.24, 2.45) is 5.73 Å². The van der Waals surface area contributed by atoms with Crippen molar-refractivity contribution < 1.29 is 4.79 Å². The second-order valence-electron chi connectivity index (χ2n) is 4.67. The first-order valence-corrected chi connectivity index (χ1v) is 7.74. The normalized spacial score (nSPS) is 9.81. The number of hydrogen-bond acceptors (Lipinski definition) is 3. The topological polar surface area (TPSA) is 55.1 Å². The van der Waals surface area contributed by atoms with Gasteiger partial charge in [-0.3, -0.25) is 4.79 Å². The SMILES string of the molecule is Cc1cc(C(=O)NCCc2ccsc2)ccc1C#CCN. The van der Waals surface area contributed by atoms with Crippen molar-refractivity contribution >= 4 is 17.2 Å². The zero-order valence-electron chi connectivity index (χ0n) is 12.0. The minimum Gasteiger partial charge on any atom is -0.352 e. The lowest BCUT2D eigenvalue weighted by molar-refractivity contribution is 0.0954. The zero-order valence-corrected chi connectivity index (χ0v) is 12.8. The van der Waals surface area contributed by atoms with Gasteiger partial charge in [-0.05, 0) is 59.5 Å². The molecule has 1 amide bonds. The van der Waals surface area contributed by atoms with E-state index in [9.17, 15) is 4.79 Å². The number of thiophene rings is 1. The van der Waals surface area contributed by atoms with Gasteiger partial charge in [-0.1, -0.05) is 11.8 Å². The molecule has 0 bridgehead atoms. The van der Waals surface area contributed by atoms with Crippen LogP contribution in [0.4, 0.5) is 0 Å². The molecule has 21 heavy (non-hydrogen) atoms. The highest BCUT2D eigenvalue weighted by Gasteiger charge is 2.06. The maximum Gasteiger partial charge on any atom is 0.251 e. The molecule has 1 aromatic heterocycles. The molecule has 0 aliphatic heterocycles. The quantitative estimate of drug-likeness (QED) is 0.851. The van der Waals surface area contributed by atoms with Crippen LogP contribution in [0.15, 0.2) is 35.0 Å². The summed E-state index contributed by atoms with van der Waals surface area (Å²) < 4.78 is 0. The van der Waals surface area contributed by atoms with E-state index < -0.39 is 0 Å². The number of hydrogen-bond donors (Lipinski definition) is 2. The van der Waals surface area contributed by atoms with E-state index in [1.54, 1.807) is 17.4 Å². The summed E-state index contributed by atoms with van der Waals surface area (Å²) in [6.07, 6.45) is 0.855. The first kappa shape index (κ1) is 15.3. The molecular formula is C17H18N2OS. The largest absolute Gasteiger partial charge is 0.352 e. The molecule has 1 aromatic carbocycles. The predicted molar refractivity (Wildman–Crippen MR) is 87.5 cm³/mol. The Kier molecular flexibility index (Phi) is 5.56. The van der Waals surface area contributed by atoms with Crippen molar-refractivity contribution in [2.75, 3.05) is 13.1 Å². The Balaban J connectivity index is 1.94. The summed E-state index contributed by atoms with van der Waals surface area (Å²) in [6, 6.07) is 7.60. The molecule has 0 saturated carbocycles. The van der Waals surface area contributed by atoms with Gasteiger partial charge in [0.05, 0.1) is 6.54 Å². The molecule has 0 fully saturated rings. The van der Waals surface area contributed by atoms with E-state index in [4.69, 9.17) is 5.73 Å². The van der Waals surface area contributed by atoms with Gasteiger partial charge in [-0.2, -0.15) is 11.3 Å². The van der Waals surface area contributed by atoms with Crippen LogP contribution in [0, 0.1) is 18.8 Å². The first-order valence-electron chi connectivity index (χ1n) is 6.79. The molecule has 2 rings (SSSR count). The highest BCUT2D eigenvalue weighted by atomic mass is 32.1. The Labute approximate surface area is 129 Å². The molecule has 4 heteroatoms. The van der Waals surface area contributed by atoms with Crippen molar-refractivity contribution in [2.45, 2.75) is 13.3 Å². The summed E-state index contributed by atoms with van der Waals surface area (Å²) in [4.78, 5) is 12.1. The van der Waals surface area contributed by atoms with Gasteiger partial charge in [0.25, 0.3) is 5.91 Å². The van der Waals surface area contributed by atoms with Crippen LogP contribution < -0.4 is 11.1 Å². The standard InChI is InChI=1S/C17H18N2OS/c1-13-11-16(5-4-15(13)3-2-8-18)17(20)19-9-6-14-7-10-21-12-14/h4-5,7,10-12H,6,8-9,18H2,1H3,(H,19,20). The van der Waals surface area contributed by atoms with Crippen molar-refractivity contribution in [1.82, 2.24) is 5.32 Å². The minimum atomic E-state index is -0.0494. The molecule has 0 radical (unpaired) electrons. The Morgan fingerprint density at radius 1 is 1.38 bits per heavy atom. The highest BCUT2D eigenvalue weighted by Crippen LogP contribution is 2.10. The lowest BCUT2D eigenvalue weighted by Crippen LogP contribution is -2.25. The van der Waals surface area contributed by atoms with Crippen molar-refractivity contribution in [3.63, 3.8) is 0 Å². The molecule has 0 aliphatic carbocycles. The smallest absolute Gasteiger partial charge is 0.251 e. The van der Waals surface area contributed by atoms with E-state index in [0.29, 0.717) is 18.7 Å². The molecular weight excluding hydrogens is 280 g/mol. The fourth-order valence-electron chi connectivity index (χ4n) is 1.95. The predicted octanol–water partition coefficient (Wildman–Crippen LogP) is 2.34. The van der Waals surface area contributed by atoms with Gasteiger partial charge in [0, 0.05) is 17.7 Å². The number of amides is 1. The number of carbonyl (C=O) groups is 1. The number of rotatable bonds is 4. The van der Waals surface area contributed by atoms with Crippen LogP contribution in [-0.4, -0.2) is 19.0 Å². The maximum atomic E-state index is 12.1. The highest BCUT2D eigenvalue weighted by molar-refractivity contribution is 7.07. The van der Waals surface area contributed by atoms with Gasteiger partial charge >= 0.3 is 0 Å². The molecule has 1 heterocycles. The zero-order chi connectivity index (χ0) is 15.1. The van der Waals surface area contributed by atoms with E-state index in [-0.39, 0.29) is 5.91 Å². The van der Waals surface area contributed by atoms with E-state index in [0.717, 1.165) is 17.5 Å². The van der Waals surface area contributed by atoms with Crippen LogP contribution in [0.25, 0.3) is 0 Å². The van der Waals surface area contributed by atoms with Crippen LogP contribution in [-0.2, 0) is 6.42 Å². The number of aryl methyl sites for hydroxylation is 1. The van der Waals surface area contributed by atoms with Crippen molar-refractivity contribution in [3.05, 3.63) is 57.3 Å². The third-order valence-corrected chi connectivity index (χ3v) is 3.83. The fourth-order valence-corrected chi connectivity index (χ4v) is 2.65. The second-order valence-corrected chi connectivity index (χ2v) is 5.45. The Hall–Kier alpha value is -2.09. The van der Waals surface area contributed by atoms with Crippen molar-refractivity contribution in [3.8, 4) is 11.8 Å². The van der Waals surface area contributed by atoms with Crippen LogP contribution in [0.3, 0.4) is 0 Å². The summed E-state index contributed by atoms with van der Waals surface area (Å²) >= 11 is 1.67. The number of nitrogens with two attached hydrogens (primary N) is 1. The van der Waals surface area contributed by atoms with Gasteiger partial charge in [0.15, 0.2) is 0 Å². The monoisotopic (exact) mass is 298 g/mol. The van der Waals surface area contributed by atoms with Crippen LogP contribution in [0.2, 0.25) is 0 Å². The molecule has 3 nitrogen and oxygen atoms in total. The molecule has 0 spiro atoms. The Bertz CT molecular complexity index is 666. The maximum absolute atomic E-state index is 12.1. The van der Waals surface area contributed by atoms with Gasteiger partial charge in [-0.15, -0.1) is 0 Å². The van der Waals surface area contributed by atoms with Gasteiger partial charge in [-0.25, -0.2) is 0 Å². The average Bonchev–Trinajstić information content (AvgIpc) is 2.99. The summed E-state index contributed by atoms with van der Waals surface area (Å²) in [5.41, 5.74) is 9.18. The molecule has 108 valence electrons. The van der Waals surface area contributed by atoms with Crippen LogP contribution in [0.1, 0.15) is 27.0 Å². The lowest BCUT2D eigenvalue weighted by Gasteiger charge is -2.06. The summed E-state index contributed by atoms with van der Waals surface area (Å²) in [5.74, 6) is 5.77. The van der Waals surface area contributed by atoms with Gasteiger partial charge in [0.2, 0.25) is 0 Å². The molecule has 2 aromatic rings. The molecule has 0 aliphatic rings. The summed E-state index contributed by atoms with van der Waals surface area (Å²) in [7, 11) is 0. The average molecular weight is 298 g/mol. The lowest BCUT2D eigenvalue weighted by atomic mass is 10.0. The van der Waals surface area contributed by atoms with Crippen LogP contribution in [0.5, 0.6) is 0 Å². The van der Waals surface area contributed by atoms with E-state index in [1.165, 1.54) is 5.56 Å². The molecule has 0 unspecified atom stereocenters. The second kappa shape index (κ2) is 7.63. The van der Waals surface area contributed by atoms with Gasteiger partial charge in [0.1, 0.15) is 0 Å².